The number of rotatable bonds is 4. The topological polar surface area (TPSA) is 74.8 Å². The minimum absolute atomic E-state index is 0.250. The van der Waals surface area contributed by atoms with E-state index < -0.39 is 0 Å². The summed E-state index contributed by atoms with van der Waals surface area (Å²) in [5.41, 5.74) is 1.19. The van der Waals surface area contributed by atoms with E-state index in [1.807, 2.05) is 6.20 Å². The van der Waals surface area contributed by atoms with Crippen LogP contribution in [0.1, 0.15) is 26.5 Å². The zero-order chi connectivity index (χ0) is 11.7. The summed E-state index contributed by atoms with van der Waals surface area (Å²) in [4.78, 5) is 23.3. The molecule has 0 unspecified atom stereocenters. The molecule has 1 heterocycles. The highest BCUT2D eigenvalue weighted by molar-refractivity contribution is 5.20. The third kappa shape index (κ3) is 7.61. The molecule has 84 valence electrons. The average Bonchev–Trinajstić information content (AvgIpc) is 2.56. The van der Waals surface area contributed by atoms with Crippen molar-refractivity contribution < 1.29 is 9.59 Å². The predicted octanol–water partition coefficient (Wildman–Crippen LogP) is 0.755. The highest BCUT2D eigenvalue weighted by Gasteiger charge is 2.04. The third-order valence-electron chi connectivity index (χ3n) is 1.70. The van der Waals surface area contributed by atoms with Gasteiger partial charge in [0.15, 0.2) is 0 Å². The fourth-order valence-corrected chi connectivity index (χ4v) is 1.35. The van der Waals surface area contributed by atoms with Crippen molar-refractivity contribution in [3.63, 3.8) is 0 Å². The highest BCUT2D eigenvalue weighted by Crippen LogP contribution is 1.98. The first-order chi connectivity index (χ1) is 7.10. The van der Waals surface area contributed by atoms with E-state index in [4.69, 9.17) is 9.59 Å². The molecule has 0 spiro atoms. The van der Waals surface area contributed by atoms with Crippen LogP contribution in [0.3, 0.4) is 0 Å². The van der Waals surface area contributed by atoms with Crippen molar-refractivity contribution in [2.75, 3.05) is 0 Å². The van der Waals surface area contributed by atoms with Crippen molar-refractivity contribution in [3.8, 4) is 0 Å². The van der Waals surface area contributed by atoms with E-state index in [2.05, 4.69) is 36.1 Å². The minimum atomic E-state index is 0.250. The molecule has 1 aromatic rings. The number of aromatic amines is 1. The molecule has 0 saturated carbocycles. The molecular weight excluding hydrogens is 194 g/mol. The fourth-order valence-electron chi connectivity index (χ4n) is 1.35. The van der Waals surface area contributed by atoms with Gasteiger partial charge in [0.1, 0.15) is 0 Å². The van der Waals surface area contributed by atoms with Gasteiger partial charge in [-0.05, 0) is 6.92 Å². The number of carbonyl (C=O) groups excluding carboxylic acids is 2. The first-order valence-corrected chi connectivity index (χ1v) is 4.82. The predicted molar refractivity (Wildman–Crippen MR) is 55.0 cm³/mol. The summed E-state index contributed by atoms with van der Waals surface area (Å²) in [6.07, 6.45) is 4.86. The number of H-pyrrole nitrogens is 1. The molecule has 0 aromatic carbocycles. The Morgan fingerprint density at radius 1 is 1.47 bits per heavy atom. The maximum absolute atomic E-state index is 8.12. The first kappa shape index (κ1) is 13.5. The Kier molecular flexibility index (Phi) is 7.14. The van der Waals surface area contributed by atoms with Crippen molar-refractivity contribution >= 4 is 6.15 Å². The van der Waals surface area contributed by atoms with Gasteiger partial charge in [-0.3, -0.25) is 0 Å². The number of nitrogens with one attached hydrogen (secondary N) is 2. The Hall–Kier alpha value is -1.45. The lowest BCUT2D eigenvalue weighted by Crippen LogP contribution is -2.33. The molecule has 5 heteroatoms. The van der Waals surface area contributed by atoms with Gasteiger partial charge >= 0.3 is 6.15 Å². The highest BCUT2D eigenvalue weighted by atomic mass is 16.2. The molecule has 0 aliphatic carbocycles. The van der Waals surface area contributed by atoms with Gasteiger partial charge in [0.05, 0.1) is 6.33 Å². The second-order valence-corrected chi connectivity index (χ2v) is 3.59. The number of nitrogens with zero attached hydrogens (tertiary/aromatic N) is 1. The third-order valence-corrected chi connectivity index (χ3v) is 1.70. The smallest absolute Gasteiger partial charge is 0.348 e. The van der Waals surface area contributed by atoms with Crippen molar-refractivity contribution in [2.45, 2.75) is 39.3 Å². The second kappa shape index (κ2) is 7.91. The molecule has 1 rings (SSSR count). The van der Waals surface area contributed by atoms with E-state index >= 15 is 0 Å². The summed E-state index contributed by atoms with van der Waals surface area (Å²) in [5.74, 6) is 0. The molecule has 5 nitrogen and oxygen atoms in total. The summed E-state index contributed by atoms with van der Waals surface area (Å²) in [7, 11) is 0. The van der Waals surface area contributed by atoms with Gasteiger partial charge in [-0.2, -0.15) is 9.59 Å². The van der Waals surface area contributed by atoms with Crippen LogP contribution in [0.25, 0.3) is 0 Å². The average molecular weight is 211 g/mol. The molecule has 0 saturated heterocycles. The van der Waals surface area contributed by atoms with E-state index in [-0.39, 0.29) is 6.15 Å². The summed E-state index contributed by atoms with van der Waals surface area (Å²) in [5, 5.41) is 3.43. The van der Waals surface area contributed by atoms with Crippen LogP contribution in [0.4, 0.5) is 0 Å². The molecule has 1 atom stereocenters. The molecule has 0 amide bonds. The Morgan fingerprint density at radius 2 is 2.07 bits per heavy atom. The van der Waals surface area contributed by atoms with E-state index in [9.17, 15) is 0 Å². The Bertz CT molecular complexity index is 277. The van der Waals surface area contributed by atoms with Gasteiger partial charge in [0, 0.05) is 30.4 Å². The first-order valence-electron chi connectivity index (χ1n) is 4.82. The van der Waals surface area contributed by atoms with Gasteiger partial charge in [0.2, 0.25) is 0 Å². The number of imidazole rings is 1. The lowest BCUT2D eigenvalue weighted by atomic mass is 10.2. The van der Waals surface area contributed by atoms with Crippen LogP contribution < -0.4 is 5.32 Å². The summed E-state index contributed by atoms with van der Waals surface area (Å²) < 4.78 is 0. The molecular formula is C10H17N3O2. The van der Waals surface area contributed by atoms with Gasteiger partial charge in [0.25, 0.3) is 0 Å². The largest absolute Gasteiger partial charge is 0.373 e. The zero-order valence-electron chi connectivity index (χ0n) is 9.28. The maximum atomic E-state index is 8.12. The molecule has 0 aliphatic rings. The Labute approximate surface area is 89.3 Å². The summed E-state index contributed by atoms with van der Waals surface area (Å²) >= 11 is 0. The molecule has 0 aliphatic heterocycles. The van der Waals surface area contributed by atoms with E-state index in [0.717, 1.165) is 6.42 Å². The summed E-state index contributed by atoms with van der Waals surface area (Å²) in [6.45, 7) is 6.49. The van der Waals surface area contributed by atoms with Crippen molar-refractivity contribution in [1.82, 2.24) is 15.3 Å². The van der Waals surface area contributed by atoms with Crippen molar-refractivity contribution in [3.05, 3.63) is 18.2 Å². The molecule has 15 heavy (non-hydrogen) atoms. The van der Waals surface area contributed by atoms with E-state index in [1.165, 1.54) is 5.69 Å². The Morgan fingerprint density at radius 3 is 2.47 bits per heavy atom. The number of hydrogen-bond donors (Lipinski definition) is 2. The monoisotopic (exact) mass is 211 g/mol. The SMILES string of the molecule is CC(C)N[C@H](C)Cc1cnc[nH]1.O=C=O. The van der Waals surface area contributed by atoms with Crippen LogP contribution in [-0.2, 0) is 16.0 Å². The van der Waals surface area contributed by atoms with Crippen LogP contribution in [0, 0.1) is 0 Å². The zero-order valence-corrected chi connectivity index (χ0v) is 9.28. The quantitative estimate of drug-likeness (QED) is 0.770. The van der Waals surface area contributed by atoms with Gasteiger partial charge in [-0.1, -0.05) is 13.8 Å². The molecule has 0 bridgehead atoms. The lowest BCUT2D eigenvalue weighted by Gasteiger charge is -2.15. The van der Waals surface area contributed by atoms with E-state index in [1.54, 1.807) is 6.33 Å². The number of aromatic nitrogens is 2. The van der Waals surface area contributed by atoms with Crippen LogP contribution in [-0.4, -0.2) is 28.2 Å². The van der Waals surface area contributed by atoms with Gasteiger partial charge in [-0.15, -0.1) is 0 Å². The van der Waals surface area contributed by atoms with Crippen molar-refractivity contribution in [2.24, 2.45) is 0 Å². The van der Waals surface area contributed by atoms with Gasteiger partial charge in [-0.25, -0.2) is 4.98 Å². The fraction of sp³-hybridized carbons (Fsp3) is 0.600. The minimum Gasteiger partial charge on any atom is -0.348 e. The van der Waals surface area contributed by atoms with Crippen LogP contribution in [0.5, 0.6) is 0 Å². The normalized spacial score (nSPS) is 11.5. The lowest BCUT2D eigenvalue weighted by molar-refractivity contribution is -0.191. The van der Waals surface area contributed by atoms with Crippen LogP contribution in [0.15, 0.2) is 12.5 Å². The van der Waals surface area contributed by atoms with Crippen molar-refractivity contribution in [1.29, 1.82) is 0 Å². The Balaban J connectivity index is 0.000000583. The molecule has 2 N–H and O–H groups in total. The van der Waals surface area contributed by atoms with Crippen LogP contribution in [0.2, 0.25) is 0 Å². The van der Waals surface area contributed by atoms with Gasteiger partial charge < -0.3 is 10.3 Å². The van der Waals surface area contributed by atoms with Crippen LogP contribution >= 0.6 is 0 Å². The molecule has 0 fully saturated rings. The maximum Gasteiger partial charge on any atom is 0.373 e. The standard InChI is InChI=1S/C9H17N3.CO2/c1-7(2)12-8(3)4-9-5-10-6-11-9;2-1-3/h5-8,12H,4H2,1-3H3,(H,10,11);/t8-;/m1./s1. The van der Waals surface area contributed by atoms with E-state index in [0.29, 0.717) is 12.1 Å². The second-order valence-electron chi connectivity index (χ2n) is 3.59. The number of hydrogen-bond acceptors (Lipinski definition) is 4. The summed E-state index contributed by atoms with van der Waals surface area (Å²) in [6, 6.07) is 1.05. The molecule has 0 radical (unpaired) electrons. The molecule has 1 aromatic heterocycles.